The van der Waals surface area contributed by atoms with E-state index in [-0.39, 0.29) is 0 Å². The van der Waals surface area contributed by atoms with Gasteiger partial charge in [0.2, 0.25) is 0 Å². The summed E-state index contributed by atoms with van der Waals surface area (Å²) in [5.41, 5.74) is 1.07. The van der Waals surface area contributed by atoms with Gasteiger partial charge in [-0.2, -0.15) is 5.26 Å². The van der Waals surface area contributed by atoms with E-state index in [1.807, 2.05) is 43.3 Å². The molecule has 2 rings (SSSR count). The summed E-state index contributed by atoms with van der Waals surface area (Å²) in [5, 5.41) is 8.98. The van der Waals surface area contributed by atoms with Gasteiger partial charge in [-0.3, -0.25) is 4.90 Å². The third-order valence-corrected chi connectivity index (χ3v) is 2.97. The van der Waals surface area contributed by atoms with Crippen LogP contribution in [0.25, 0.3) is 0 Å². The Morgan fingerprint density at radius 3 is 2.40 bits per heavy atom. The molecule has 0 unspecified atom stereocenters. The molecule has 2 aromatic rings. The van der Waals surface area contributed by atoms with Crippen LogP contribution in [0.5, 0.6) is 0 Å². The summed E-state index contributed by atoms with van der Waals surface area (Å²) in [6.07, 6.45) is 2.06. The highest BCUT2D eigenvalue weighted by Crippen LogP contribution is 2.25. The molecule has 0 aliphatic heterocycles. The van der Waals surface area contributed by atoms with Crippen molar-refractivity contribution in [2.45, 2.75) is 13.8 Å². The fraction of sp³-hybridized carbons (Fsp3) is 0.267. The number of benzene rings is 1. The van der Waals surface area contributed by atoms with Gasteiger partial charge in [-0.1, -0.05) is 18.2 Å². The van der Waals surface area contributed by atoms with Crippen LogP contribution in [0, 0.1) is 18.4 Å². The number of hydrogen-bond acceptors (Lipinski definition) is 5. The highest BCUT2D eigenvalue weighted by Gasteiger charge is 2.12. The maximum atomic E-state index is 8.98. The largest absolute Gasteiger partial charge is 0.326 e. The molecule has 0 spiro atoms. The van der Waals surface area contributed by atoms with Crippen LogP contribution in [0.1, 0.15) is 12.7 Å². The average Bonchev–Trinajstić information content (AvgIpc) is 2.48. The van der Waals surface area contributed by atoms with Gasteiger partial charge in [0.05, 0.1) is 0 Å². The molecule has 5 heteroatoms. The number of aromatic nitrogens is 2. The van der Waals surface area contributed by atoms with E-state index in [1.54, 1.807) is 7.05 Å². The lowest BCUT2D eigenvalue weighted by atomic mass is 10.3. The summed E-state index contributed by atoms with van der Waals surface area (Å²) in [6, 6.07) is 11.9. The van der Waals surface area contributed by atoms with Crippen molar-refractivity contribution in [1.82, 2.24) is 9.97 Å². The summed E-state index contributed by atoms with van der Waals surface area (Å²) >= 11 is 0. The Labute approximate surface area is 119 Å². The molecular weight excluding hydrogens is 250 g/mol. The van der Waals surface area contributed by atoms with Gasteiger partial charge in [0.1, 0.15) is 17.5 Å². The minimum absolute atomic E-state index is 0.601. The maximum Gasteiger partial charge on any atom is 0.185 e. The summed E-state index contributed by atoms with van der Waals surface area (Å²) in [7, 11) is 1.68. The molecule has 0 aliphatic carbocycles. The molecule has 0 aliphatic rings. The van der Waals surface area contributed by atoms with Gasteiger partial charge in [-0.25, -0.2) is 9.97 Å². The van der Waals surface area contributed by atoms with Crippen LogP contribution in [-0.4, -0.2) is 23.6 Å². The lowest BCUT2D eigenvalue weighted by Gasteiger charge is -2.23. The van der Waals surface area contributed by atoms with E-state index in [2.05, 4.69) is 28.0 Å². The van der Waals surface area contributed by atoms with E-state index < -0.39 is 0 Å². The van der Waals surface area contributed by atoms with E-state index in [9.17, 15) is 0 Å². The predicted octanol–water partition coefficient (Wildman–Crippen LogP) is 2.86. The SMILES string of the molecule is CCN(c1ccccc1)c1cc(N(C)C#N)nc(C)n1. The van der Waals surface area contributed by atoms with Crippen LogP contribution in [0.2, 0.25) is 0 Å². The molecule has 5 nitrogen and oxygen atoms in total. The molecule has 0 saturated carbocycles. The van der Waals surface area contributed by atoms with Gasteiger partial charge in [0, 0.05) is 25.3 Å². The van der Waals surface area contributed by atoms with E-state index in [0.717, 1.165) is 18.1 Å². The van der Waals surface area contributed by atoms with E-state index >= 15 is 0 Å². The van der Waals surface area contributed by atoms with Crippen molar-refractivity contribution in [1.29, 1.82) is 5.26 Å². The second kappa shape index (κ2) is 6.02. The van der Waals surface area contributed by atoms with E-state index in [4.69, 9.17) is 5.26 Å². The Hall–Kier alpha value is -2.61. The van der Waals surface area contributed by atoms with Crippen molar-refractivity contribution in [2.24, 2.45) is 0 Å². The highest BCUT2D eigenvalue weighted by molar-refractivity contribution is 5.63. The van der Waals surface area contributed by atoms with Gasteiger partial charge in [-0.05, 0) is 26.0 Å². The zero-order valence-electron chi connectivity index (χ0n) is 11.9. The molecule has 0 radical (unpaired) electrons. The molecule has 0 N–H and O–H groups in total. The Morgan fingerprint density at radius 2 is 1.80 bits per heavy atom. The second-order valence-corrected chi connectivity index (χ2v) is 4.37. The quantitative estimate of drug-likeness (QED) is 0.629. The van der Waals surface area contributed by atoms with Gasteiger partial charge in [0.25, 0.3) is 0 Å². The highest BCUT2D eigenvalue weighted by atomic mass is 15.2. The van der Waals surface area contributed by atoms with Crippen molar-refractivity contribution in [2.75, 3.05) is 23.4 Å². The zero-order valence-corrected chi connectivity index (χ0v) is 11.9. The summed E-state index contributed by atoms with van der Waals surface area (Å²) in [4.78, 5) is 12.3. The number of anilines is 3. The molecule has 0 bridgehead atoms. The predicted molar refractivity (Wildman–Crippen MR) is 79.9 cm³/mol. The third-order valence-electron chi connectivity index (χ3n) is 2.97. The third kappa shape index (κ3) is 2.86. The normalized spacial score (nSPS) is 9.90. The van der Waals surface area contributed by atoms with Crippen molar-refractivity contribution in [3.8, 4) is 6.19 Å². The molecule has 0 atom stereocenters. The fourth-order valence-electron chi connectivity index (χ4n) is 1.98. The number of nitrogens with zero attached hydrogens (tertiary/aromatic N) is 5. The van der Waals surface area contributed by atoms with Gasteiger partial charge in [0.15, 0.2) is 6.19 Å². The molecule has 0 amide bonds. The average molecular weight is 267 g/mol. The molecule has 1 aromatic heterocycles. The fourth-order valence-corrected chi connectivity index (χ4v) is 1.98. The molecule has 1 heterocycles. The van der Waals surface area contributed by atoms with Gasteiger partial charge < -0.3 is 4.90 Å². The van der Waals surface area contributed by atoms with Gasteiger partial charge >= 0.3 is 0 Å². The first-order valence-corrected chi connectivity index (χ1v) is 6.47. The van der Waals surface area contributed by atoms with Crippen molar-refractivity contribution < 1.29 is 0 Å². The summed E-state index contributed by atoms with van der Waals surface area (Å²) in [6.45, 7) is 4.69. The minimum atomic E-state index is 0.601. The van der Waals surface area contributed by atoms with Crippen molar-refractivity contribution in [3.05, 3.63) is 42.2 Å². The summed E-state index contributed by atoms with van der Waals surface area (Å²) in [5.74, 6) is 2.04. The van der Waals surface area contributed by atoms with Crippen LogP contribution in [0.15, 0.2) is 36.4 Å². The topological polar surface area (TPSA) is 56.0 Å². The number of nitriles is 1. The van der Waals surface area contributed by atoms with E-state index in [1.165, 1.54) is 4.90 Å². The van der Waals surface area contributed by atoms with Crippen LogP contribution >= 0.6 is 0 Å². The second-order valence-electron chi connectivity index (χ2n) is 4.37. The first-order valence-electron chi connectivity index (χ1n) is 6.47. The monoisotopic (exact) mass is 267 g/mol. The number of para-hydroxylation sites is 1. The minimum Gasteiger partial charge on any atom is -0.326 e. The standard InChI is InChI=1S/C15H17N5/c1-4-20(13-8-6-5-7-9-13)15-10-14(19(3)11-16)17-12(2)18-15/h5-10H,4H2,1-3H3. The first kappa shape index (κ1) is 13.8. The van der Waals surface area contributed by atoms with Crippen LogP contribution < -0.4 is 9.80 Å². The van der Waals surface area contributed by atoms with Gasteiger partial charge in [-0.15, -0.1) is 0 Å². The zero-order chi connectivity index (χ0) is 14.5. The lowest BCUT2D eigenvalue weighted by molar-refractivity contribution is 0.941. The Balaban J connectivity index is 2.45. The molecule has 20 heavy (non-hydrogen) atoms. The smallest absolute Gasteiger partial charge is 0.185 e. The van der Waals surface area contributed by atoms with Crippen LogP contribution in [-0.2, 0) is 0 Å². The Kier molecular flexibility index (Phi) is 4.16. The Bertz CT molecular complexity index is 618. The number of aryl methyl sites for hydroxylation is 1. The molecule has 0 saturated heterocycles. The Morgan fingerprint density at radius 1 is 1.15 bits per heavy atom. The van der Waals surface area contributed by atoms with Crippen molar-refractivity contribution in [3.63, 3.8) is 0 Å². The number of rotatable bonds is 4. The van der Waals surface area contributed by atoms with E-state index in [0.29, 0.717) is 11.6 Å². The molecule has 0 fully saturated rings. The number of hydrogen-bond donors (Lipinski definition) is 0. The van der Waals surface area contributed by atoms with Crippen LogP contribution in [0.3, 0.4) is 0 Å². The molecule has 1 aromatic carbocycles. The molecule has 102 valence electrons. The first-order chi connectivity index (χ1) is 9.65. The van der Waals surface area contributed by atoms with Crippen LogP contribution in [0.4, 0.5) is 17.3 Å². The lowest BCUT2D eigenvalue weighted by Crippen LogP contribution is -2.19. The maximum absolute atomic E-state index is 8.98. The van der Waals surface area contributed by atoms with Crippen molar-refractivity contribution >= 4 is 17.3 Å². The molecular formula is C15H17N5. The summed E-state index contributed by atoms with van der Waals surface area (Å²) < 4.78 is 0.